The highest BCUT2D eigenvalue weighted by atomic mass is 19.1. The summed E-state index contributed by atoms with van der Waals surface area (Å²) in [6, 6.07) is 7.43. The number of carbonyl (C=O) groups excluding carboxylic acids is 1. The van der Waals surface area contributed by atoms with Crippen molar-refractivity contribution in [2.45, 2.75) is 18.7 Å². The molecular weight excluding hydrogens is 410 g/mol. The number of benzene rings is 1. The lowest BCUT2D eigenvalue weighted by atomic mass is 10.1. The van der Waals surface area contributed by atoms with Crippen LogP contribution in [0.15, 0.2) is 41.5 Å². The maximum Gasteiger partial charge on any atom is 0.405 e. The number of hydrogen-bond donors (Lipinski definition) is 3. The first-order valence-electron chi connectivity index (χ1n) is 9.15. The molecule has 0 saturated heterocycles. The number of likely N-dealkylation sites (N-methyl/N-ethyl adjacent to an activating group) is 1. The van der Waals surface area contributed by atoms with Crippen molar-refractivity contribution in [3.63, 3.8) is 0 Å². The number of ether oxygens (including phenoxy) is 1. The van der Waals surface area contributed by atoms with Gasteiger partial charge in [-0.1, -0.05) is 18.2 Å². The molecule has 0 saturated carbocycles. The van der Waals surface area contributed by atoms with Crippen LogP contribution in [0.1, 0.15) is 11.3 Å². The van der Waals surface area contributed by atoms with Crippen LogP contribution in [-0.4, -0.2) is 56.9 Å². The van der Waals surface area contributed by atoms with E-state index in [2.05, 4.69) is 15.1 Å². The van der Waals surface area contributed by atoms with Crippen LogP contribution >= 0.6 is 0 Å². The molecule has 1 aliphatic heterocycles. The van der Waals surface area contributed by atoms with Gasteiger partial charge in [-0.05, 0) is 11.6 Å². The molecule has 0 radical (unpaired) electrons. The zero-order chi connectivity index (χ0) is 22.3. The molecule has 1 amide bonds. The second-order valence-electron chi connectivity index (χ2n) is 6.90. The van der Waals surface area contributed by atoms with E-state index in [0.29, 0.717) is 16.8 Å². The first kappa shape index (κ1) is 20.3. The molecule has 2 unspecified atom stereocenters. The highest BCUT2D eigenvalue weighted by Gasteiger charge is 2.37. The molecule has 1 aromatic carbocycles. The Balaban J connectivity index is 1.82. The number of nitrogens with zero attached hydrogens (tertiary/aromatic N) is 5. The van der Waals surface area contributed by atoms with E-state index in [4.69, 9.17) is 21.6 Å². The molecule has 0 aliphatic carbocycles. The molecule has 12 heteroatoms. The average molecular weight is 428 g/mol. The van der Waals surface area contributed by atoms with Crippen LogP contribution in [0.2, 0.25) is 0 Å². The molecule has 0 bridgehead atoms. The van der Waals surface area contributed by atoms with E-state index in [0.717, 1.165) is 6.20 Å². The van der Waals surface area contributed by atoms with Crippen molar-refractivity contribution in [3.8, 4) is 0 Å². The Morgan fingerprint density at radius 3 is 2.77 bits per heavy atom. The molecule has 3 aromatic rings. The molecule has 2 aromatic heterocycles. The standard InChI is InChI=1S/C19H18F2N8O2/c1-28-17(23)15(31-18(24)30)16(22)26-19(28)29-13-7-10(20)8-25-14(13)12(27-29)6-9-4-2-3-5-11(9)21/h2-5,7-8,15,17,22H,6,23H2,1H3,(H2,24,30). The van der Waals surface area contributed by atoms with Crippen LogP contribution in [0.3, 0.4) is 0 Å². The van der Waals surface area contributed by atoms with E-state index >= 15 is 0 Å². The summed E-state index contributed by atoms with van der Waals surface area (Å²) in [7, 11) is 1.55. The van der Waals surface area contributed by atoms with Crippen LogP contribution in [0.25, 0.3) is 11.0 Å². The lowest BCUT2D eigenvalue weighted by molar-refractivity contribution is 0.0951. The molecule has 0 spiro atoms. The second kappa shape index (κ2) is 7.72. The van der Waals surface area contributed by atoms with Gasteiger partial charge >= 0.3 is 6.09 Å². The number of aromatic nitrogens is 3. The van der Waals surface area contributed by atoms with Crippen LogP contribution in [0, 0.1) is 17.0 Å². The Kier molecular flexibility index (Phi) is 5.07. The number of carbonyl (C=O) groups is 1. The van der Waals surface area contributed by atoms with Gasteiger partial charge in [0.1, 0.15) is 23.3 Å². The van der Waals surface area contributed by atoms with Crippen molar-refractivity contribution in [2.75, 3.05) is 7.05 Å². The predicted molar refractivity (Wildman–Crippen MR) is 107 cm³/mol. The third kappa shape index (κ3) is 3.68. The van der Waals surface area contributed by atoms with E-state index in [-0.39, 0.29) is 23.7 Å². The summed E-state index contributed by atoms with van der Waals surface area (Å²) in [4.78, 5) is 20.8. The molecule has 2 atom stereocenters. The molecule has 5 N–H and O–H groups in total. The fourth-order valence-electron chi connectivity index (χ4n) is 3.32. The van der Waals surface area contributed by atoms with Gasteiger partial charge in [0.2, 0.25) is 5.96 Å². The zero-order valence-corrected chi connectivity index (χ0v) is 16.3. The van der Waals surface area contributed by atoms with E-state index in [1.807, 2.05) is 0 Å². The van der Waals surface area contributed by atoms with E-state index in [1.54, 1.807) is 25.2 Å². The maximum absolute atomic E-state index is 14.2. The van der Waals surface area contributed by atoms with Gasteiger partial charge in [0.05, 0.1) is 17.4 Å². The first-order chi connectivity index (χ1) is 14.8. The third-order valence-electron chi connectivity index (χ3n) is 4.87. The number of nitrogens with one attached hydrogen (secondary N) is 1. The zero-order valence-electron chi connectivity index (χ0n) is 16.3. The number of hydrogen-bond acceptors (Lipinski definition) is 7. The molecule has 1 aliphatic rings. The number of halogens is 2. The Bertz CT molecular complexity index is 1220. The number of nitrogens with two attached hydrogens (primary N) is 2. The lowest BCUT2D eigenvalue weighted by Crippen LogP contribution is -2.59. The van der Waals surface area contributed by atoms with Crippen LogP contribution < -0.4 is 11.5 Å². The van der Waals surface area contributed by atoms with Crippen LogP contribution in [0.5, 0.6) is 0 Å². The van der Waals surface area contributed by atoms with Crippen molar-refractivity contribution in [1.82, 2.24) is 19.7 Å². The minimum atomic E-state index is -1.19. The van der Waals surface area contributed by atoms with Crippen molar-refractivity contribution in [1.29, 1.82) is 5.41 Å². The number of pyridine rings is 1. The number of amides is 1. The van der Waals surface area contributed by atoms with Gasteiger partial charge in [0, 0.05) is 19.5 Å². The summed E-state index contributed by atoms with van der Waals surface area (Å²) in [5, 5.41) is 12.6. The van der Waals surface area contributed by atoms with Gasteiger partial charge in [-0.15, -0.1) is 0 Å². The Morgan fingerprint density at radius 1 is 1.32 bits per heavy atom. The van der Waals surface area contributed by atoms with Crippen molar-refractivity contribution in [3.05, 3.63) is 59.4 Å². The van der Waals surface area contributed by atoms with E-state index < -0.39 is 30.0 Å². The van der Waals surface area contributed by atoms with Crippen molar-refractivity contribution in [2.24, 2.45) is 16.5 Å². The van der Waals surface area contributed by atoms with Crippen molar-refractivity contribution < 1.29 is 18.3 Å². The largest absolute Gasteiger partial charge is 0.434 e. The Labute approximate surface area is 174 Å². The number of aliphatic imine (C=N–C) groups is 1. The second-order valence-corrected chi connectivity index (χ2v) is 6.90. The lowest BCUT2D eigenvalue weighted by Gasteiger charge is -2.35. The number of primary amides is 1. The van der Waals surface area contributed by atoms with Gasteiger partial charge in [-0.2, -0.15) is 14.8 Å². The smallest absolute Gasteiger partial charge is 0.405 e. The molecule has 3 heterocycles. The SMILES string of the molecule is CN1C(n2nc(Cc3ccccc3F)c3ncc(F)cc32)=NC(=N)C(OC(N)=O)C1N. The summed E-state index contributed by atoms with van der Waals surface area (Å²) >= 11 is 0. The monoisotopic (exact) mass is 428 g/mol. The normalized spacial score (nSPS) is 18.9. The topological polar surface area (TPSA) is 148 Å². The third-order valence-corrected chi connectivity index (χ3v) is 4.87. The Hall–Kier alpha value is -3.93. The van der Waals surface area contributed by atoms with Gasteiger partial charge < -0.3 is 21.1 Å². The fourth-order valence-corrected chi connectivity index (χ4v) is 3.32. The van der Waals surface area contributed by atoms with Gasteiger partial charge in [0.15, 0.2) is 11.9 Å². The van der Waals surface area contributed by atoms with E-state index in [1.165, 1.54) is 21.7 Å². The van der Waals surface area contributed by atoms with Crippen LogP contribution in [0.4, 0.5) is 13.6 Å². The number of fused-ring (bicyclic) bond motifs is 1. The fraction of sp³-hybridized carbons (Fsp3) is 0.211. The molecule has 31 heavy (non-hydrogen) atoms. The van der Waals surface area contributed by atoms with Crippen LogP contribution in [-0.2, 0) is 11.2 Å². The first-order valence-corrected chi connectivity index (χ1v) is 9.15. The number of amidine groups is 1. The average Bonchev–Trinajstić information content (AvgIpc) is 3.07. The van der Waals surface area contributed by atoms with E-state index in [9.17, 15) is 13.6 Å². The molecule has 4 rings (SSSR count). The molecule has 160 valence electrons. The van der Waals surface area contributed by atoms with Gasteiger partial charge in [-0.25, -0.2) is 18.6 Å². The van der Waals surface area contributed by atoms with Crippen molar-refractivity contribution >= 4 is 28.9 Å². The quantitative estimate of drug-likeness (QED) is 0.570. The minimum absolute atomic E-state index is 0.0824. The summed E-state index contributed by atoms with van der Waals surface area (Å²) in [6.07, 6.45) is -2.15. The highest BCUT2D eigenvalue weighted by molar-refractivity contribution is 6.03. The molecule has 10 nitrogen and oxygen atoms in total. The van der Waals surface area contributed by atoms with Gasteiger partial charge in [0.25, 0.3) is 0 Å². The Morgan fingerprint density at radius 2 is 2.06 bits per heavy atom. The highest BCUT2D eigenvalue weighted by Crippen LogP contribution is 2.23. The maximum atomic E-state index is 14.2. The summed E-state index contributed by atoms with van der Waals surface area (Å²) in [6.45, 7) is 0. The molecule has 0 fully saturated rings. The minimum Gasteiger partial charge on any atom is -0.434 e. The predicted octanol–water partition coefficient (Wildman–Crippen LogP) is 1.18. The summed E-state index contributed by atoms with van der Waals surface area (Å²) in [5.74, 6) is -1.30. The number of rotatable bonds is 3. The summed E-state index contributed by atoms with van der Waals surface area (Å²) in [5.41, 5.74) is 12.5. The molecular formula is C19H18F2N8O2. The van der Waals surface area contributed by atoms with Gasteiger partial charge in [-0.3, -0.25) is 5.41 Å². The summed E-state index contributed by atoms with van der Waals surface area (Å²) < 4.78 is 34.3.